The van der Waals surface area contributed by atoms with Crippen LogP contribution in [0.1, 0.15) is 82.4 Å². The second-order valence-corrected chi connectivity index (χ2v) is 8.34. The van der Waals surface area contributed by atoms with E-state index in [4.69, 9.17) is 4.74 Å². The van der Waals surface area contributed by atoms with Gasteiger partial charge in [0.05, 0.1) is 0 Å². The Morgan fingerprint density at radius 2 is 1.81 bits per heavy atom. The molecule has 0 radical (unpaired) electrons. The highest BCUT2D eigenvalue weighted by Gasteiger charge is 2.30. The van der Waals surface area contributed by atoms with Crippen molar-refractivity contribution in [1.29, 1.82) is 0 Å². The van der Waals surface area contributed by atoms with Crippen LogP contribution in [0.15, 0.2) is 5.38 Å². The maximum atomic E-state index is 12.2. The summed E-state index contributed by atoms with van der Waals surface area (Å²) < 4.78 is 5.65. The minimum Gasteiger partial charge on any atom is -0.439 e. The number of aromatic nitrogens is 1. The van der Waals surface area contributed by atoms with Gasteiger partial charge in [0.15, 0.2) is 11.9 Å². The molecular formula is C20H34N2O3S. The Morgan fingerprint density at radius 1 is 1.19 bits per heavy atom. The summed E-state index contributed by atoms with van der Waals surface area (Å²) in [6.45, 7) is 12.6. The maximum absolute atomic E-state index is 12.2. The van der Waals surface area contributed by atoms with Crippen molar-refractivity contribution in [1.82, 2.24) is 10.3 Å². The van der Waals surface area contributed by atoms with Gasteiger partial charge in [0, 0.05) is 18.3 Å². The van der Waals surface area contributed by atoms with Gasteiger partial charge in [-0.25, -0.2) is 9.78 Å². The molecule has 0 aliphatic heterocycles. The van der Waals surface area contributed by atoms with Gasteiger partial charge >= 0.3 is 6.09 Å². The number of thiazole rings is 1. The minimum atomic E-state index is -0.464. The summed E-state index contributed by atoms with van der Waals surface area (Å²) in [5.41, 5.74) is 0.467. The fourth-order valence-corrected chi connectivity index (χ4v) is 4.23. The molecule has 0 aliphatic carbocycles. The summed E-state index contributed by atoms with van der Waals surface area (Å²) in [6, 6.07) is 0. The first-order valence-corrected chi connectivity index (χ1v) is 10.5. The highest BCUT2D eigenvalue weighted by Crippen LogP contribution is 2.37. The number of rotatable bonds is 10. The number of nitrogens with one attached hydrogen (secondary N) is 1. The van der Waals surface area contributed by atoms with E-state index in [1.54, 1.807) is 12.4 Å². The lowest BCUT2D eigenvalue weighted by atomic mass is 9.77. The van der Waals surface area contributed by atoms with Crippen LogP contribution in [0.4, 0.5) is 4.79 Å². The van der Waals surface area contributed by atoms with Crippen molar-refractivity contribution in [2.24, 2.45) is 23.7 Å². The molecule has 1 unspecified atom stereocenters. The van der Waals surface area contributed by atoms with Crippen LogP contribution in [0.3, 0.4) is 0 Å². The summed E-state index contributed by atoms with van der Waals surface area (Å²) in [6.07, 6.45) is 2.03. The van der Waals surface area contributed by atoms with Crippen molar-refractivity contribution in [3.05, 3.63) is 16.1 Å². The number of ketones is 1. The second-order valence-electron chi connectivity index (χ2n) is 7.45. The van der Waals surface area contributed by atoms with E-state index in [2.05, 4.69) is 38.0 Å². The zero-order valence-corrected chi connectivity index (χ0v) is 18.0. The maximum Gasteiger partial charge on any atom is 0.407 e. The smallest absolute Gasteiger partial charge is 0.407 e. The van der Waals surface area contributed by atoms with Crippen LogP contribution >= 0.6 is 11.3 Å². The predicted octanol–water partition coefficient (Wildman–Crippen LogP) is 5.48. The number of Topliss-reactive ketones (excluding diaryl/α,β-unsaturated/α-hetero) is 1. The van der Waals surface area contributed by atoms with Gasteiger partial charge in [-0.15, -0.1) is 11.3 Å². The second kappa shape index (κ2) is 10.7. The first kappa shape index (κ1) is 22.6. The first-order valence-electron chi connectivity index (χ1n) is 9.62. The third-order valence-electron chi connectivity index (χ3n) is 5.02. The molecule has 0 aliphatic rings. The van der Waals surface area contributed by atoms with Gasteiger partial charge in [0.2, 0.25) is 0 Å². The SMILES string of the molecule is CCC(CC)C(C[C@@H](OC(=O)NC)c1nc(C(=O)C(C)C)cs1)C(C)C. The van der Waals surface area contributed by atoms with E-state index in [-0.39, 0.29) is 11.7 Å². The molecule has 1 N–H and O–H groups in total. The number of carbonyl (C=O) groups is 2. The van der Waals surface area contributed by atoms with Crippen LogP contribution in [0.2, 0.25) is 0 Å². The molecule has 0 saturated heterocycles. The van der Waals surface area contributed by atoms with Crippen molar-refractivity contribution in [2.75, 3.05) is 7.05 Å². The van der Waals surface area contributed by atoms with Crippen molar-refractivity contribution in [3.8, 4) is 0 Å². The third-order valence-corrected chi connectivity index (χ3v) is 5.96. The lowest BCUT2D eigenvalue weighted by Crippen LogP contribution is -2.27. The van der Waals surface area contributed by atoms with Crippen molar-refractivity contribution in [3.63, 3.8) is 0 Å². The number of amides is 1. The van der Waals surface area contributed by atoms with E-state index < -0.39 is 12.2 Å². The number of alkyl carbamates (subject to hydrolysis) is 1. The molecule has 0 aromatic carbocycles. The van der Waals surface area contributed by atoms with Gasteiger partial charge in [-0.2, -0.15) is 0 Å². The van der Waals surface area contributed by atoms with Crippen LogP contribution in [-0.2, 0) is 4.74 Å². The first-order chi connectivity index (χ1) is 12.2. The molecule has 2 atom stereocenters. The topological polar surface area (TPSA) is 68.3 Å². The lowest BCUT2D eigenvalue weighted by molar-refractivity contribution is 0.0639. The van der Waals surface area contributed by atoms with Crippen LogP contribution in [0, 0.1) is 23.7 Å². The largest absolute Gasteiger partial charge is 0.439 e. The molecule has 26 heavy (non-hydrogen) atoms. The Hall–Kier alpha value is -1.43. The summed E-state index contributed by atoms with van der Waals surface area (Å²) in [5.74, 6) is 1.39. The van der Waals surface area contributed by atoms with Gasteiger partial charge in [-0.1, -0.05) is 54.4 Å². The van der Waals surface area contributed by atoms with Crippen LogP contribution < -0.4 is 5.32 Å². The number of carbonyl (C=O) groups excluding carboxylic acids is 2. The normalized spacial score (nSPS) is 13.9. The van der Waals surface area contributed by atoms with E-state index in [9.17, 15) is 9.59 Å². The highest BCUT2D eigenvalue weighted by molar-refractivity contribution is 7.09. The Balaban J connectivity index is 3.11. The molecule has 0 fully saturated rings. The van der Waals surface area contributed by atoms with E-state index in [1.165, 1.54) is 11.3 Å². The molecule has 148 valence electrons. The fourth-order valence-electron chi connectivity index (χ4n) is 3.38. The third kappa shape index (κ3) is 6.08. The van der Waals surface area contributed by atoms with Crippen molar-refractivity contribution < 1.29 is 14.3 Å². The average Bonchev–Trinajstić information content (AvgIpc) is 3.09. The van der Waals surface area contributed by atoms with Gasteiger partial charge in [0.1, 0.15) is 10.7 Å². The summed E-state index contributed by atoms with van der Waals surface area (Å²) in [5, 5.41) is 5.00. The van der Waals surface area contributed by atoms with E-state index in [0.717, 1.165) is 19.3 Å². The zero-order chi connectivity index (χ0) is 19.9. The number of nitrogens with zero attached hydrogens (tertiary/aromatic N) is 1. The summed E-state index contributed by atoms with van der Waals surface area (Å²) in [4.78, 5) is 28.6. The average molecular weight is 383 g/mol. The van der Waals surface area contributed by atoms with Crippen LogP contribution in [0.5, 0.6) is 0 Å². The monoisotopic (exact) mass is 382 g/mol. The molecule has 1 aromatic heterocycles. The molecule has 1 amide bonds. The van der Waals surface area contributed by atoms with Gasteiger partial charge in [-0.05, 0) is 24.2 Å². The molecule has 1 heterocycles. The van der Waals surface area contributed by atoms with Crippen LogP contribution in [-0.4, -0.2) is 23.9 Å². The van der Waals surface area contributed by atoms with Gasteiger partial charge < -0.3 is 10.1 Å². The summed E-state index contributed by atoms with van der Waals surface area (Å²) in [7, 11) is 1.55. The van der Waals surface area contributed by atoms with Gasteiger partial charge in [0.25, 0.3) is 0 Å². The number of ether oxygens (including phenoxy) is 1. The van der Waals surface area contributed by atoms with Gasteiger partial charge in [-0.3, -0.25) is 4.79 Å². The van der Waals surface area contributed by atoms with E-state index >= 15 is 0 Å². The molecule has 0 saturated carbocycles. The van der Waals surface area contributed by atoms with E-state index in [0.29, 0.717) is 28.5 Å². The number of hydrogen-bond donors (Lipinski definition) is 1. The Labute approximate surface area is 161 Å². The molecule has 1 aromatic rings. The predicted molar refractivity (Wildman–Crippen MR) is 107 cm³/mol. The molecule has 1 rings (SSSR count). The Morgan fingerprint density at radius 3 is 2.27 bits per heavy atom. The minimum absolute atomic E-state index is 0.0200. The lowest BCUT2D eigenvalue weighted by Gasteiger charge is -2.31. The van der Waals surface area contributed by atoms with E-state index in [1.807, 2.05) is 13.8 Å². The highest BCUT2D eigenvalue weighted by atomic mass is 32.1. The van der Waals surface area contributed by atoms with Crippen LogP contribution in [0.25, 0.3) is 0 Å². The number of hydrogen-bond acceptors (Lipinski definition) is 5. The molecular weight excluding hydrogens is 348 g/mol. The molecule has 0 spiro atoms. The molecule has 5 nitrogen and oxygen atoms in total. The zero-order valence-electron chi connectivity index (χ0n) is 17.2. The van der Waals surface area contributed by atoms with Crippen molar-refractivity contribution in [2.45, 2.75) is 66.9 Å². The molecule has 6 heteroatoms. The quantitative estimate of drug-likeness (QED) is 0.544. The standard InChI is InChI=1S/C20H34N2O3S/c1-8-14(9-2)15(12(3)4)10-17(25-20(24)21-7)19-22-16(11-26-19)18(23)13(5)6/h11-15,17H,8-10H2,1-7H3,(H,21,24)/t15?,17-/m1/s1. The Bertz CT molecular complexity index is 579. The summed E-state index contributed by atoms with van der Waals surface area (Å²) >= 11 is 1.40. The fraction of sp³-hybridized carbons (Fsp3) is 0.750. The van der Waals surface area contributed by atoms with Crippen molar-refractivity contribution >= 4 is 23.2 Å². The Kier molecular flexibility index (Phi) is 9.27. The molecule has 0 bridgehead atoms.